The van der Waals surface area contributed by atoms with E-state index in [9.17, 15) is 18.0 Å². The number of hydrogen-bond acceptors (Lipinski definition) is 2. The molecule has 2 aromatic carbocycles. The van der Waals surface area contributed by atoms with Crippen molar-refractivity contribution in [1.29, 1.82) is 0 Å². The maximum absolute atomic E-state index is 13.7. The minimum atomic E-state index is -4.54. The van der Waals surface area contributed by atoms with E-state index >= 15 is 0 Å². The van der Waals surface area contributed by atoms with Crippen molar-refractivity contribution in [3.8, 4) is 0 Å². The van der Waals surface area contributed by atoms with Crippen LogP contribution < -0.4 is 5.32 Å². The van der Waals surface area contributed by atoms with Gasteiger partial charge in [0.25, 0.3) is 5.91 Å². The highest BCUT2D eigenvalue weighted by Crippen LogP contribution is 2.34. The molecule has 1 atom stereocenters. The lowest BCUT2D eigenvalue weighted by atomic mass is 9.84. The van der Waals surface area contributed by atoms with Gasteiger partial charge in [0.15, 0.2) is 0 Å². The van der Waals surface area contributed by atoms with Crippen LogP contribution in [0.2, 0.25) is 0 Å². The van der Waals surface area contributed by atoms with Crippen LogP contribution in [0.4, 0.5) is 13.2 Å². The van der Waals surface area contributed by atoms with E-state index in [0.29, 0.717) is 23.4 Å². The fraction of sp³-hybridized carbons (Fsp3) is 0.357. The van der Waals surface area contributed by atoms with E-state index < -0.39 is 17.6 Å². The van der Waals surface area contributed by atoms with Crippen LogP contribution in [-0.4, -0.2) is 21.5 Å². The molecule has 0 saturated heterocycles. The number of carbonyl (C=O) groups excluding carboxylic acids is 1. The lowest BCUT2D eigenvalue weighted by Gasteiger charge is -2.28. The van der Waals surface area contributed by atoms with Crippen LogP contribution in [0.25, 0.3) is 21.8 Å². The number of benzene rings is 2. The average molecular weight is 480 g/mol. The SMILES string of the molecule is CC(NC(=O)c1cc(C(F)(F)F)cc2ccn(Cc3ccc4ccccc4n3)c12)C1CCCCC1. The van der Waals surface area contributed by atoms with Crippen molar-refractivity contribution in [3.63, 3.8) is 0 Å². The van der Waals surface area contributed by atoms with E-state index in [1.165, 1.54) is 6.42 Å². The first-order chi connectivity index (χ1) is 16.8. The van der Waals surface area contributed by atoms with E-state index in [1.807, 2.05) is 47.9 Å². The third kappa shape index (κ3) is 4.90. The Bertz CT molecular complexity index is 1370. The van der Waals surface area contributed by atoms with E-state index in [-0.39, 0.29) is 11.6 Å². The van der Waals surface area contributed by atoms with Gasteiger partial charge < -0.3 is 9.88 Å². The summed E-state index contributed by atoms with van der Waals surface area (Å²) in [6.07, 6.45) is 2.69. The summed E-state index contributed by atoms with van der Waals surface area (Å²) in [5.74, 6) is -0.117. The van der Waals surface area contributed by atoms with Crippen molar-refractivity contribution in [1.82, 2.24) is 14.9 Å². The van der Waals surface area contributed by atoms with Crippen molar-refractivity contribution >= 4 is 27.7 Å². The monoisotopic (exact) mass is 479 g/mol. The molecule has 5 rings (SSSR count). The summed E-state index contributed by atoms with van der Waals surface area (Å²) < 4.78 is 42.8. The fourth-order valence-electron chi connectivity index (χ4n) is 5.23. The second-order valence-corrected chi connectivity index (χ2v) is 9.56. The standard InChI is InChI=1S/C28H28F3N3O/c1-18(19-7-3-2-4-8-19)32-27(35)24-16-22(28(29,30)31)15-21-13-14-34(26(21)24)17-23-12-11-20-9-5-6-10-25(20)33-23/h5-6,9-16,18-19H,2-4,7-8,17H2,1H3,(H,32,35). The first-order valence-electron chi connectivity index (χ1n) is 12.2. The molecule has 1 saturated carbocycles. The second kappa shape index (κ2) is 9.36. The molecule has 35 heavy (non-hydrogen) atoms. The Morgan fingerprint density at radius 2 is 1.83 bits per heavy atom. The molecule has 2 aromatic heterocycles. The number of rotatable bonds is 5. The van der Waals surface area contributed by atoms with Gasteiger partial charge >= 0.3 is 6.18 Å². The van der Waals surface area contributed by atoms with E-state index in [2.05, 4.69) is 5.32 Å². The van der Waals surface area contributed by atoms with Crippen molar-refractivity contribution in [3.05, 3.63) is 77.6 Å². The van der Waals surface area contributed by atoms with Crippen LogP contribution >= 0.6 is 0 Å². The number of fused-ring (bicyclic) bond motifs is 2. The summed E-state index contributed by atoms with van der Waals surface area (Å²) in [5.41, 5.74) is 1.33. The number of aromatic nitrogens is 2. The Balaban J connectivity index is 1.52. The molecule has 1 fully saturated rings. The van der Waals surface area contributed by atoms with Crippen LogP contribution in [0.15, 0.2) is 60.8 Å². The molecule has 0 bridgehead atoms. The third-order valence-electron chi connectivity index (χ3n) is 7.14. The molecule has 1 aliphatic carbocycles. The minimum absolute atomic E-state index is 0.0447. The van der Waals surface area contributed by atoms with Gasteiger partial charge in [-0.05, 0) is 56.0 Å². The zero-order valence-corrected chi connectivity index (χ0v) is 19.6. The molecule has 1 N–H and O–H groups in total. The maximum atomic E-state index is 13.7. The van der Waals surface area contributed by atoms with E-state index in [0.717, 1.165) is 54.4 Å². The third-order valence-corrected chi connectivity index (χ3v) is 7.14. The number of carbonyl (C=O) groups is 1. The fourth-order valence-corrected chi connectivity index (χ4v) is 5.23. The van der Waals surface area contributed by atoms with Gasteiger partial charge in [0.05, 0.1) is 34.4 Å². The number of alkyl halides is 3. The number of amides is 1. The number of para-hydroxylation sites is 1. The first kappa shape index (κ1) is 23.4. The molecular weight excluding hydrogens is 451 g/mol. The van der Waals surface area contributed by atoms with Crippen molar-refractivity contribution < 1.29 is 18.0 Å². The summed E-state index contributed by atoms with van der Waals surface area (Å²) in [6.45, 7) is 2.30. The Labute approximate surface area is 202 Å². The topological polar surface area (TPSA) is 46.9 Å². The predicted molar refractivity (Wildman–Crippen MR) is 131 cm³/mol. The van der Waals surface area contributed by atoms with Gasteiger partial charge in [-0.2, -0.15) is 13.2 Å². The molecule has 2 heterocycles. The highest BCUT2D eigenvalue weighted by Gasteiger charge is 2.33. The van der Waals surface area contributed by atoms with Crippen LogP contribution in [-0.2, 0) is 12.7 Å². The van der Waals surface area contributed by atoms with Gasteiger partial charge in [-0.15, -0.1) is 0 Å². The Morgan fingerprint density at radius 1 is 1.06 bits per heavy atom. The number of halogens is 3. The van der Waals surface area contributed by atoms with E-state index in [1.54, 1.807) is 12.3 Å². The summed E-state index contributed by atoms with van der Waals surface area (Å²) >= 11 is 0. The molecule has 1 unspecified atom stereocenters. The van der Waals surface area contributed by atoms with Gasteiger partial charge in [0.1, 0.15) is 0 Å². The lowest BCUT2D eigenvalue weighted by Crippen LogP contribution is -2.39. The van der Waals surface area contributed by atoms with Gasteiger partial charge in [0, 0.05) is 23.0 Å². The molecule has 7 heteroatoms. The summed E-state index contributed by atoms with van der Waals surface area (Å²) in [7, 11) is 0. The number of pyridine rings is 1. The molecule has 0 radical (unpaired) electrons. The average Bonchev–Trinajstić information content (AvgIpc) is 3.26. The zero-order chi connectivity index (χ0) is 24.6. The number of hydrogen-bond donors (Lipinski definition) is 1. The zero-order valence-electron chi connectivity index (χ0n) is 19.6. The molecule has 4 nitrogen and oxygen atoms in total. The number of nitrogens with zero attached hydrogens (tertiary/aromatic N) is 2. The van der Waals surface area contributed by atoms with Crippen LogP contribution in [0.3, 0.4) is 0 Å². The predicted octanol–water partition coefficient (Wildman–Crippen LogP) is 6.96. The van der Waals surface area contributed by atoms with Crippen molar-refractivity contribution in [2.24, 2.45) is 5.92 Å². The first-order valence-corrected chi connectivity index (χ1v) is 12.2. The lowest BCUT2D eigenvalue weighted by molar-refractivity contribution is -0.137. The molecular formula is C28H28F3N3O. The Kier molecular flexibility index (Phi) is 6.26. The highest BCUT2D eigenvalue weighted by molar-refractivity contribution is 6.06. The van der Waals surface area contributed by atoms with Crippen LogP contribution in [0.5, 0.6) is 0 Å². The maximum Gasteiger partial charge on any atom is 0.416 e. The summed E-state index contributed by atoms with van der Waals surface area (Å²) in [5, 5.41) is 4.41. The van der Waals surface area contributed by atoms with Gasteiger partial charge in [-0.3, -0.25) is 9.78 Å². The van der Waals surface area contributed by atoms with Crippen molar-refractivity contribution in [2.45, 2.75) is 57.8 Å². The number of nitrogens with one attached hydrogen (secondary N) is 1. The van der Waals surface area contributed by atoms with E-state index in [4.69, 9.17) is 4.98 Å². The Morgan fingerprint density at radius 3 is 2.60 bits per heavy atom. The van der Waals surface area contributed by atoms with Gasteiger partial charge in [0.2, 0.25) is 0 Å². The molecule has 182 valence electrons. The van der Waals surface area contributed by atoms with Crippen LogP contribution in [0.1, 0.15) is 60.6 Å². The minimum Gasteiger partial charge on any atom is -0.349 e. The molecule has 0 spiro atoms. The molecule has 0 aliphatic heterocycles. The van der Waals surface area contributed by atoms with Crippen LogP contribution in [0, 0.1) is 5.92 Å². The van der Waals surface area contributed by atoms with Crippen molar-refractivity contribution in [2.75, 3.05) is 0 Å². The molecule has 1 amide bonds. The summed E-state index contributed by atoms with van der Waals surface area (Å²) in [6, 6.07) is 15.3. The Hall–Kier alpha value is -3.35. The smallest absolute Gasteiger partial charge is 0.349 e. The van der Waals surface area contributed by atoms with Gasteiger partial charge in [-0.1, -0.05) is 43.5 Å². The molecule has 4 aromatic rings. The second-order valence-electron chi connectivity index (χ2n) is 9.56. The quantitative estimate of drug-likeness (QED) is 0.337. The van der Waals surface area contributed by atoms with Gasteiger partial charge in [-0.25, -0.2) is 0 Å². The normalized spacial score (nSPS) is 16.0. The summed E-state index contributed by atoms with van der Waals surface area (Å²) in [4.78, 5) is 18.1. The molecule has 1 aliphatic rings. The largest absolute Gasteiger partial charge is 0.416 e. The highest BCUT2D eigenvalue weighted by atomic mass is 19.4.